The van der Waals surface area contributed by atoms with E-state index in [0.29, 0.717) is 0 Å². The molecule has 1 aromatic carbocycles. The summed E-state index contributed by atoms with van der Waals surface area (Å²) in [6.07, 6.45) is 2.27. The molecule has 27 heavy (non-hydrogen) atoms. The number of carbonyl (C=O) groups excluding carboxylic acids is 1. The zero-order valence-electron chi connectivity index (χ0n) is 15.5. The smallest absolute Gasteiger partial charge is 0.251 e. The first-order valence-corrected chi connectivity index (χ1v) is 11.7. The van der Waals surface area contributed by atoms with Gasteiger partial charge in [0.05, 0.1) is 13.2 Å². The molecule has 1 aromatic heterocycles. The van der Waals surface area contributed by atoms with Crippen LogP contribution in [-0.4, -0.2) is 60.7 Å². The van der Waals surface area contributed by atoms with Gasteiger partial charge in [-0.1, -0.05) is 12.1 Å². The minimum atomic E-state index is 0.0257. The number of thiophene rings is 1. The second-order valence-electron chi connectivity index (χ2n) is 7.21. The van der Waals surface area contributed by atoms with Crippen LogP contribution < -0.4 is 5.32 Å². The highest BCUT2D eigenvalue weighted by atomic mass is 32.2. The molecule has 3 heterocycles. The van der Waals surface area contributed by atoms with Crippen molar-refractivity contribution in [3.63, 3.8) is 0 Å². The molecule has 2 aliphatic heterocycles. The summed E-state index contributed by atoms with van der Waals surface area (Å²) in [6.45, 7) is 4.25. The maximum Gasteiger partial charge on any atom is 0.251 e. The highest BCUT2D eigenvalue weighted by Gasteiger charge is 2.39. The number of carbonyl (C=O) groups is 1. The Balaban J connectivity index is 1.41. The molecule has 144 valence electrons. The fraction of sp³-hybridized carbons (Fsp3) is 0.476. The zero-order chi connectivity index (χ0) is 18.5. The number of hydrogen-bond donors (Lipinski definition) is 1. The second kappa shape index (κ2) is 8.78. The standard InChI is InChI=1S/C21H26N2O2S2/c24-20(18-3-1-17(2-4-18)19-5-12-27-15-19)22-16-21(6-13-26-14-7-21)23-8-10-25-11-9-23/h1-5,12,15H,6-11,13-14,16H2,(H,22,24). The molecule has 0 unspecified atom stereocenters. The fourth-order valence-corrected chi connectivity index (χ4v) is 5.90. The molecule has 0 spiro atoms. The van der Waals surface area contributed by atoms with Crippen molar-refractivity contribution < 1.29 is 9.53 Å². The van der Waals surface area contributed by atoms with Gasteiger partial charge in [-0.2, -0.15) is 23.1 Å². The van der Waals surface area contributed by atoms with Gasteiger partial charge in [0.15, 0.2) is 0 Å². The van der Waals surface area contributed by atoms with E-state index in [0.717, 1.165) is 56.8 Å². The third-order valence-corrected chi connectivity index (χ3v) is 7.35. The van der Waals surface area contributed by atoms with Gasteiger partial charge in [0, 0.05) is 30.7 Å². The SMILES string of the molecule is O=C(NCC1(N2CCOCC2)CCSCC1)c1ccc(-c2ccsc2)cc1. The number of morpholine rings is 1. The Labute approximate surface area is 169 Å². The van der Waals surface area contributed by atoms with Gasteiger partial charge in [-0.25, -0.2) is 0 Å². The van der Waals surface area contributed by atoms with Crippen molar-refractivity contribution in [1.29, 1.82) is 0 Å². The van der Waals surface area contributed by atoms with Crippen LogP contribution in [0.15, 0.2) is 41.1 Å². The summed E-state index contributed by atoms with van der Waals surface area (Å²) in [5.74, 6) is 2.36. The van der Waals surface area contributed by atoms with Gasteiger partial charge in [0.2, 0.25) is 0 Å². The molecule has 0 radical (unpaired) electrons. The van der Waals surface area contributed by atoms with Crippen molar-refractivity contribution in [2.24, 2.45) is 0 Å². The van der Waals surface area contributed by atoms with Crippen LogP contribution in [0.2, 0.25) is 0 Å². The molecule has 0 saturated carbocycles. The molecule has 2 aromatic rings. The molecule has 2 fully saturated rings. The summed E-state index contributed by atoms with van der Waals surface area (Å²) in [6, 6.07) is 10.0. The van der Waals surface area contributed by atoms with E-state index < -0.39 is 0 Å². The topological polar surface area (TPSA) is 41.6 Å². The van der Waals surface area contributed by atoms with E-state index in [4.69, 9.17) is 4.74 Å². The predicted octanol–water partition coefficient (Wildman–Crippen LogP) is 3.74. The zero-order valence-corrected chi connectivity index (χ0v) is 17.1. The van der Waals surface area contributed by atoms with Crippen molar-refractivity contribution >= 4 is 29.0 Å². The summed E-state index contributed by atoms with van der Waals surface area (Å²) < 4.78 is 5.54. The van der Waals surface area contributed by atoms with Crippen LogP contribution in [0.5, 0.6) is 0 Å². The maximum atomic E-state index is 12.8. The first kappa shape index (κ1) is 19.0. The van der Waals surface area contributed by atoms with Gasteiger partial charge in [0.25, 0.3) is 5.91 Å². The normalized spacial score (nSPS) is 20.3. The van der Waals surface area contributed by atoms with Crippen LogP contribution in [0, 0.1) is 0 Å². The lowest BCUT2D eigenvalue weighted by Crippen LogP contribution is -2.60. The summed E-state index contributed by atoms with van der Waals surface area (Å²) in [5, 5.41) is 7.43. The molecule has 4 nitrogen and oxygen atoms in total. The third kappa shape index (κ3) is 4.40. The first-order chi connectivity index (χ1) is 13.3. The van der Waals surface area contributed by atoms with Gasteiger partial charge in [-0.05, 0) is 64.4 Å². The Bertz CT molecular complexity index is 734. The average molecular weight is 403 g/mol. The minimum Gasteiger partial charge on any atom is -0.379 e. The number of benzene rings is 1. The fourth-order valence-electron chi connectivity index (χ4n) is 3.98. The molecule has 1 N–H and O–H groups in total. The molecule has 4 rings (SSSR count). The Morgan fingerprint density at radius 1 is 1.07 bits per heavy atom. The summed E-state index contributed by atoms with van der Waals surface area (Å²) in [4.78, 5) is 15.3. The van der Waals surface area contributed by atoms with E-state index in [2.05, 4.69) is 27.0 Å². The van der Waals surface area contributed by atoms with E-state index in [-0.39, 0.29) is 11.4 Å². The van der Waals surface area contributed by atoms with Crippen LogP contribution in [0.3, 0.4) is 0 Å². The van der Waals surface area contributed by atoms with Crippen LogP contribution in [0.4, 0.5) is 0 Å². The monoisotopic (exact) mass is 402 g/mol. The molecule has 0 bridgehead atoms. The lowest BCUT2D eigenvalue weighted by molar-refractivity contribution is -0.0255. The highest BCUT2D eigenvalue weighted by molar-refractivity contribution is 7.99. The van der Waals surface area contributed by atoms with Crippen molar-refractivity contribution in [2.75, 3.05) is 44.4 Å². The summed E-state index contributed by atoms with van der Waals surface area (Å²) >= 11 is 3.71. The van der Waals surface area contributed by atoms with Crippen LogP contribution in [-0.2, 0) is 4.74 Å². The molecular formula is C21H26N2O2S2. The van der Waals surface area contributed by atoms with Crippen molar-refractivity contribution in [1.82, 2.24) is 10.2 Å². The van der Waals surface area contributed by atoms with Crippen LogP contribution >= 0.6 is 23.1 Å². The van der Waals surface area contributed by atoms with Crippen LogP contribution in [0.25, 0.3) is 11.1 Å². The number of ether oxygens (including phenoxy) is 1. The summed E-state index contributed by atoms with van der Waals surface area (Å²) in [7, 11) is 0. The largest absolute Gasteiger partial charge is 0.379 e. The second-order valence-corrected chi connectivity index (χ2v) is 9.21. The number of nitrogens with zero attached hydrogens (tertiary/aromatic N) is 1. The molecule has 6 heteroatoms. The molecule has 1 amide bonds. The molecule has 2 saturated heterocycles. The van der Waals surface area contributed by atoms with Gasteiger partial charge >= 0.3 is 0 Å². The highest BCUT2D eigenvalue weighted by Crippen LogP contribution is 2.33. The number of thioether (sulfide) groups is 1. The first-order valence-electron chi connectivity index (χ1n) is 9.58. The van der Waals surface area contributed by atoms with E-state index in [1.807, 2.05) is 36.0 Å². The lowest BCUT2D eigenvalue weighted by Gasteiger charge is -2.48. The Morgan fingerprint density at radius 2 is 1.81 bits per heavy atom. The molecular weight excluding hydrogens is 376 g/mol. The number of amides is 1. The van der Waals surface area contributed by atoms with Gasteiger partial charge in [-0.3, -0.25) is 9.69 Å². The van der Waals surface area contributed by atoms with Crippen molar-refractivity contribution in [3.8, 4) is 11.1 Å². The van der Waals surface area contributed by atoms with E-state index in [1.54, 1.807) is 11.3 Å². The van der Waals surface area contributed by atoms with E-state index >= 15 is 0 Å². The molecule has 0 atom stereocenters. The Hall–Kier alpha value is -1.34. The average Bonchev–Trinajstić information content (AvgIpc) is 3.28. The quantitative estimate of drug-likeness (QED) is 0.827. The number of nitrogens with one attached hydrogen (secondary N) is 1. The number of hydrogen-bond acceptors (Lipinski definition) is 5. The maximum absolute atomic E-state index is 12.8. The van der Waals surface area contributed by atoms with Gasteiger partial charge in [-0.15, -0.1) is 0 Å². The van der Waals surface area contributed by atoms with Crippen LogP contribution in [0.1, 0.15) is 23.2 Å². The van der Waals surface area contributed by atoms with Gasteiger partial charge in [0.1, 0.15) is 0 Å². The predicted molar refractivity (Wildman–Crippen MR) is 114 cm³/mol. The van der Waals surface area contributed by atoms with E-state index in [1.165, 1.54) is 17.1 Å². The number of rotatable bonds is 5. The third-order valence-electron chi connectivity index (χ3n) is 5.69. The minimum absolute atomic E-state index is 0.0257. The molecule has 0 aliphatic carbocycles. The Morgan fingerprint density at radius 3 is 2.48 bits per heavy atom. The lowest BCUT2D eigenvalue weighted by atomic mass is 9.89. The van der Waals surface area contributed by atoms with Crippen molar-refractivity contribution in [3.05, 3.63) is 46.7 Å². The summed E-state index contributed by atoms with van der Waals surface area (Å²) in [5.41, 5.74) is 3.18. The van der Waals surface area contributed by atoms with E-state index in [9.17, 15) is 4.79 Å². The van der Waals surface area contributed by atoms with Crippen molar-refractivity contribution in [2.45, 2.75) is 18.4 Å². The Kier molecular flexibility index (Phi) is 6.18. The van der Waals surface area contributed by atoms with Gasteiger partial charge < -0.3 is 10.1 Å². The molecule has 2 aliphatic rings.